The zero-order valence-electron chi connectivity index (χ0n) is 14.7. The second-order valence-electron chi connectivity index (χ2n) is 6.71. The number of anilines is 1. The summed E-state index contributed by atoms with van der Waals surface area (Å²) in [6, 6.07) is 17.5. The third-order valence-electron chi connectivity index (χ3n) is 5.46. The minimum atomic E-state index is -0.868. The SMILES string of the molecule is C=CCN1C(=O)[C@@]2(c3ccccc31)[C@@H](C(=O)OCC)[C@@H]2c1ccccc1. The van der Waals surface area contributed by atoms with Crippen LogP contribution in [0.5, 0.6) is 0 Å². The van der Waals surface area contributed by atoms with Gasteiger partial charge in [-0.3, -0.25) is 9.59 Å². The Kier molecular flexibility index (Phi) is 3.91. The monoisotopic (exact) mass is 347 g/mol. The molecule has 1 saturated carbocycles. The lowest BCUT2D eigenvalue weighted by Gasteiger charge is -2.16. The molecular weight excluding hydrogens is 326 g/mol. The number of hydrogen-bond acceptors (Lipinski definition) is 3. The van der Waals surface area contributed by atoms with E-state index in [4.69, 9.17) is 4.74 Å². The molecule has 1 amide bonds. The van der Waals surface area contributed by atoms with Crippen molar-refractivity contribution in [1.82, 2.24) is 0 Å². The molecule has 0 N–H and O–H groups in total. The largest absolute Gasteiger partial charge is 0.466 e. The molecule has 0 saturated heterocycles. The van der Waals surface area contributed by atoms with Crippen LogP contribution < -0.4 is 4.90 Å². The first-order valence-corrected chi connectivity index (χ1v) is 8.91. The van der Waals surface area contributed by atoms with E-state index < -0.39 is 11.3 Å². The van der Waals surface area contributed by atoms with Gasteiger partial charge in [-0.2, -0.15) is 0 Å². The summed E-state index contributed by atoms with van der Waals surface area (Å²) in [5, 5.41) is 0. The van der Waals surface area contributed by atoms with E-state index in [0.29, 0.717) is 13.2 Å². The van der Waals surface area contributed by atoms with Crippen molar-refractivity contribution in [3.63, 3.8) is 0 Å². The molecule has 3 atom stereocenters. The van der Waals surface area contributed by atoms with Crippen LogP contribution in [0.3, 0.4) is 0 Å². The molecule has 4 nitrogen and oxygen atoms in total. The molecule has 0 bridgehead atoms. The van der Waals surface area contributed by atoms with Crippen molar-refractivity contribution in [3.8, 4) is 0 Å². The Labute approximate surface area is 153 Å². The number of fused-ring (bicyclic) bond motifs is 2. The number of para-hydroxylation sites is 1. The molecule has 1 aliphatic carbocycles. The molecule has 26 heavy (non-hydrogen) atoms. The molecule has 2 aliphatic rings. The van der Waals surface area contributed by atoms with Gasteiger partial charge in [-0.25, -0.2) is 0 Å². The minimum absolute atomic E-state index is 0.0366. The number of ether oxygens (including phenoxy) is 1. The molecule has 1 fully saturated rings. The minimum Gasteiger partial charge on any atom is -0.466 e. The summed E-state index contributed by atoms with van der Waals surface area (Å²) in [5.41, 5.74) is 1.91. The summed E-state index contributed by atoms with van der Waals surface area (Å²) >= 11 is 0. The Bertz CT molecular complexity index is 876. The number of benzene rings is 2. The van der Waals surface area contributed by atoms with E-state index >= 15 is 0 Å². The third kappa shape index (κ3) is 2.08. The molecule has 132 valence electrons. The van der Waals surface area contributed by atoms with E-state index in [-0.39, 0.29) is 17.8 Å². The van der Waals surface area contributed by atoms with Crippen molar-refractivity contribution in [2.24, 2.45) is 5.92 Å². The lowest BCUT2D eigenvalue weighted by Crippen LogP contribution is -2.34. The van der Waals surface area contributed by atoms with Crippen LogP contribution in [0.25, 0.3) is 0 Å². The van der Waals surface area contributed by atoms with Crippen molar-refractivity contribution >= 4 is 17.6 Å². The van der Waals surface area contributed by atoms with Crippen LogP contribution in [0.15, 0.2) is 67.3 Å². The number of amides is 1. The highest BCUT2D eigenvalue weighted by atomic mass is 16.5. The quantitative estimate of drug-likeness (QED) is 0.615. The fraction of sp³-hybridized carbons (Fsp3) is 0.273. The summed E-state index contributed by atoms with van der Waals surface area (Å²) in [4.78, 5) is 28.0. The van der Waals surface area contributed by atoms with Crippen LogP contribution in [0.1, 0.15) is 24.0 Å². The molecule has 2 aromatic carbocycles. The van der Waals surface area contributed by atoms with E-state index in [1.807, 2.05) is 54.6 Å². The average molecular weight is 347 g/mol. The predicted octanol–water partition coefficient (Wildman–Crippen LogP) is 3.43. The fourth-order valence-electron chi connectivity index (χ4n) is 4.48. The molecule has 0 aromatic heterocycles. The first-order valence-electron chi connectivity index (χ1n) is 8.91. The molecule has 0 radical (unpaired) electrons. The Morgan fingerprint density at radius 1 is 1.19 bits per heavy atom. The van der Waals surface area contributed by atoms with Crippen molar-refractivity contribution < 1.29 is 14.3 Å². The molecule has 1 heterocycles. The van der Waals surface area contributed by atoms with Crippen molar-refractivity contribution in [2.75, 3.05) is 18.1 Å². The van der Waals surface area contributed by atoms with Gasteiger partial charge in [-0.15, -0.1) is 6.58 Å². The van der Waals surface area contributed by atoms with Crippen molar-refractivity contribution in [3.05, 3.63) is 78.4 Å². The maximum Gasteiger partial charge on any atom is 0.311 e. The van der Waals surface area contributed by atoms with E-state index in [1.54, 1.807) is 17.9 Å². The second kappa shape index (κ2) is 6.13. The summed E-state index contributed by atoms with van der Waals surface area (Å²) in [7, 11) is 0. The van der Waals surface area contributed by atoms with Gasteiger partial charge >= 0.3 is 5.97 Å². The Hall–Kier alpha value is -2.88. The van der Waals surface area contributed by atoms with Crippen LogP contribution in [0.4, 0.5) is 5.69 Å². The van der Waals surface area contributed by atoms with Gasteiger partial charge in [-0.1, -0.05) is 54.6 Å². The van der Waals surface area contributed by atoms with Crippen molar-refractivity contribution in [2.45, 2.75) is 18.3 Å². The molecule has 1 spiro atoms. The number of nitrogens with zero attached hydrogens (tertiary/aromatic N) is 1. The highest BCUT2D eigenvalue weighted by molar-refractivity contribution is 6.15. The van der Waals surface area contributed by atoms with Crippen LogP contribution in [-0.2, 0) is 19.7 Å². The van der Waals surface area contributed by atoms with E-state index in [1.165, 1.54) is 0 Å². The molecule has 4 rings (SSSR count). The summed E-state index contributed by atoms with van der Waals surface area (Å²) in [6.07, 6.45) is 1.72. The van der Waals surface area contributed by atoms with E-state index in [0.717, 1.165) is 16.8 Å². The van der Waals surface area contributed by atoms with Crippen LogP contribution in [0.2, 0.25) is 0 Å². The topological polar surface area (TPSA) is 46.6 Å². The van der Waals surface area contributed by atoms with Crippen molar-refractivity contribution in [1.29, 1.82) is 0 Å². The van der Waals surface area contributed by atoms with Gasteiger partial charge in [-0.05, 0) is 24.1 Å². The number of rotatable bonds is 5. The van der Waals surface area contributed by atoms with Gasteiger partial charge in [0.1, 0.15) is 0 Å². The van der Waals surface area contributed by atoms with Crippen LogP contribution >= 0.6 is 0 Å². The summed E-state index contributed by atoms with van der Waals surface area (Å²) in [5.74, 6) is -1.03. The van der Waals surface area contributed by atoms with Gasteiger partial charge < -0.3 is 9.64 Å². The number of hydrogen-bond donors (Lipinski definition) is 0. The van der Waals surface area contributed by atoms with Crippen LogP contribution in [-0.4, -0.2) is 25.0 Å². The van der Waals surface area contributed by atoms with Gasteiger partial charge in [0.25, 0.3) is 0 Å². The van der Waals surface area contributed by atoms with E-state index in [9.17, 15) is 9.59 Å². The van der Waals surface area contributed by atoms with Gasteiger partial charge in [0.15, 0.2) is 0 Å². The predicted molar refractivity (Wildman–Crippen MR) is 100.0 cm³/mol. The molecule has 2 aromatic rings. The first-order chi connectivity index (χ1) is 12.7. The molecule has 4 heteroatoms. The van der Waals surface area contributed by atoms with Crippen LogP contribution in [0, 0.1) is 5.92 Å². The highest BCUT2D eigenvalue weighted by Gasteiger charge is 2.78. The molecule has 1 aliphatic heterocycles. The number of esters is 1. The fourth-order valence-corrected chi connectivity index (χ4v) is 4.48. The Morgan fingerprint density at radius 2 is 1.88 bits per heavy atom. The lowest BCUT2D eigenvalue weighted by molar-refractivity contribution is -0.146. The second-order valence-corrected chi connectivity index (χ2v) is 6.71. The maximum atomic E-state index is 13.5. The summed E-state index contributed by atoms with van der Waals surface area (Å²) < 4.78 is 5.33. The Morgan fingerprint density at radius 3 is 2.58 bits per heavy atom. The normalized spacial score (nSPS) is 25.9. The maximum absolute atomic E-state index is 13.5. The average Bonchev–Trinajstić information content (AvgIpc) is 3.31. The number of carbonyl (C=O) groups is 2. The highest BCUT2D eigenvalue weighted by Crippen LogP contribution is 2.70. The van der Waals surface area contributed by atoms with E-state index in [2.05, 4.69) is 6.58 Å². The molecule has 0 unspecified atom stereocenters. The Balaban J connectivity index is 1.88. The molecular formula is C22H21NO3. The zero-order valence-corrected chi connectivity index (χ0v) is 14.7. The number of carbonyl (C=O) groups excluding carboxylic acids is 2. The standard InChI is InChI=1S/C22H21NO3/c1-3-14-23-17-13-9-8-12-16(17)22(21(23)25)18(15-10-6-5-7-11-15)19(22)20(24)26-4-2/h3,5-13,18-19H,1,4,14H2,2H3/t18-,19+,22+/m0/s1. The third-order valence-corrected chi connectivity index (χ3v) is 5.46. The van der Waals surface area contributed by atoms with Gasteiger partial charge in [0, 0.05) is 18.2 Å². The lowest BCUT2D eigenvalue weighted by atomic mass is 9.91. The van der Waals surface area contributed by atoms with Gasteiger partial charge in [0.05, 0.1) is 17.9 Å². The smallest absolute Gasteiger partial charge is 0.311 e. The zero-order chi connectivity index (χ0) is 18.3. The first kappa shape index (κ1) is 16.6. The summed E-state index contributed by atoms with van der Waals surface area (Å²) in [6.45, 7) is 6.30. The van der Waals surface area contributed by atoms with Gasteiger partial charge in [0.2, 0.25) is 5.91 Å².